The van der Waals surface area contributed by atoms with Crippen LogP contribution in [0.2, 0.25) is 0 Å². The Morgan fingerprint density at radius 3 is 1.73 bits per heavy atom. The molecule has 82 valence electrons. The second-order valence-electron chi connectivity index (χ2n) is 4.10. The van der Waals surface area contributed by atoms with Crippen LogP contribution in [0.1, 0.15) is 20.3 Å². The van der Waals surface area contributed by atoms with Gasteiger partial charge in [0.1, 0.15) is 12.2 Å². The molecule has 4 nitrogen and oxygen atoms in total. The molecule has 0 heterocycles. The van der Waals surface area contributed by atoms with Crippen LogP contribution in [0.15, 0.2) is 12.2 Å². The Bertz CT molecular complexity index is 291. The van der Waals surface area contributed by atoms with Crippen molar-refractivity contribution in [1.29, 1.82) is 0 Å². The van der Waals surface area contributed by atoms with E-state index in [0.29, 0.717) is 0 Å². The maximum Gasteiger partial charge on any atom is 0.303 e. The molecule has 0 N–H and O–H groups in total. The van der Waals surface area contributed by atoms with Gasteiger partial charge >= 0.3 is 11.9 Å². The second-order valence-corrected chi connectivity index (χ2v) is 4.10. The largest absolute Gasteiger partial charge is 0.458 e. The molecular weight excluding hydrogens is 196 g/mol. The van der Waals surface area contributed by atoms with Crippen LogP contribution in [-0.4, -0.2) is 24.1 Å². The summed E-state index contributed by atoms with van der Waals surface area (Å²) < 4.78 is 10.4. The Morgan fingerprint density at radius 1 is 1.00 bits per heavy atom. The number of ether oxygens (including phenoxy) is 2. The molecule has 1 saturated carbocycles. The Morgan fingerprint density at radius 2 is 1.40 bits per heavy atom. The summed E-state index contributed by atoms with van der Waals surface area (Å²) in [5.41, 5.74) is 0. The highest BCUT2D eigenvalue weighted by molar-refractivity contribution is 5.67. The lowest BCUT2D eigenvalue weighted by molar-refractivity contribution is -0.166. The number of carbonyl (C=O) groups is 2. The van der Waals surface area contributed by atoms with Crippen molar-refractivity contribution in [3.63, 3.8) is 0 Å². The number of esters is 2. The molecule has 4 heteroatoms. The zero-order valence-corrected chi connectivity index (χ0v) is 8.80. The minimum atomic E-state index is -0.321. The average Bonchev–Trinajstić information content (AvgIpc) is 2.67. The molecule has 2 bridgehead atoms. The van der Waals surface area contributed by atoms with Crippen molar-refractivity contribution in [2.75, 3.05) is 0 Å². The van der Waals surface area contributed by atoms with Crippen LogP contribution in [0.25, 0.3) is 0 Å². The third kappa shape index (κ3) is 1.89. The molecule has 0 radical (unpaired) electrons. The van der Waals surface area contributed by atoms with Gasteiger partial charge in [-0.2, -0.15) is 0 Å². The fourth-order valence-electron chi connectivity index (χ4n) is 2.42. The lowest BCUT2D eigenvalue weighted by Crippen LogP contribution is -2.37. The quantitative estimate of drug-likeness (QED) is 0.505. The summed E-state index contributed by atoms with van der Waals surface area (Å²) in [6, 6.07) is 0. The molecule has 2 aliphatic rings. The summed E-state index contributed by atoms with van der Waals surface area (Å²) >= 11 is 0. The summed E-state index contributed by atoms with van der Waals surface area (Å²) in [7, 11) is 0. The van der Waals surface area contributed by atoms with Gasteiger partial charge < -0.3 is 9.47 Å². The van der Waals surface area contributed by atoms with Crippen LogP contribution in [0, 0.1) is 11.8 Å². The Balaban J connectivity index is 2.09. The van der Waals surface area contributed by atoms with E-state index in [1.165, 1.54) is 13.8 Å². The Labute approximate surface area is 88.2 Å². The molecule has 1 fully saturated rings. The van der Waals surface area contributed by atoms with Crippen LogP contribution in [0.5, 0.6) is 0 Å². The molecule has 4 atom stereocenters. The predicted molar refractivity (Wildman–Crippen MR) is 51.8 cm³/mol. The predicted octanol–water partition coefficient (Wildman–Crippen LogP) is 1.06. The maximum atomic E-state index is 10.9. The smallest absolute Gasteiger partial charge is 0.303 e. The van der Waals surface area contributed by atoms with Crippen LogP contribution in [0.3, 0.4) is 0 Å². The fourth-order valence-corrected chi connectivity index (χ4v) is 2.42. The number of hydrogen-bond acceptors (Lipinski definition) is 4. The number of carbonyl (C=O) groups excluding carboxylic acids is 2. The standard InChI is InChI=1S/C11H14O4/c1-6(12)14-10-8-3-4-9(5-8)11(10)15-7(2)13/h3-4,8-11H,5H2,1-2H3/t8-,9+,10-,11+. The molecule has 0 saturated heterocycles. The normalized spacial score (nSPS) is 36.7. The van der Waals surface area contributed by atoms with Gasteiger partial charge in [-0.15, -0.1) is 0 Å². The van der Waals surface area contributed by atoms with E-state index in [-0.39, 0.29) is 36.0 Å². The molecule has 15 heavy (non-hydrogen) atoms. The first-order chi connectivity index (χ1) is 7.08. The monoisotopic (exact) mass is 210 g/mol. The van der Waals surface area contributed by atoms with Gasteiger partial charge in [0.05, 0.1) is 0 Å². The average molecular weight is 210 g/mol. The van der Waals surface area contributed by atoms with Crippen molar-refractivity contribution in [2.45, 2.75) is 32.5 Å². The Hall–Kier alpha value is -1.32. The topological polar surface area (TPSA) is 52.6 Å². The van der Waals surface area contributed by atoms with Crippen LogP contribution in [0.4, 0.5) is 0 Å². The van der Waals surface area contributed by atoms with E-state index in [4.69, 9.17) is 9.47 Å². The first-order valence-corrected chi connectivity index (χ1v) is 5.10. The van der Waals surface area contributed by atoms with Crippen molar-refractivity contribution in [2.24, 2.45) is 11.8 Å². The van der Waals surface area contributed by atoms with Gasteiger partial charge in [-0.25, -0.2) is 0 Å². The van der Waals surface area contributed by atoms with Gasteiger partial charge in [-0.05, 0) is 6.42 Å². The van der Waals surface area contributed by atoms with Gasteiger partial charge in [-0.1, -0.05) is 12.2 Å². The van der Waals surface area contributed by atoms with E-state index < -0.39 is 0 Å². The molecule has 2 aliphatic carbocycles. The highest BCUT2D eigenvalue weighted by Crippen LogP contribution is 2.42. The van der Waals surface area contributed by atoms with Gasteiger partial charge in [0, 0.05) is 25.7 Å². The summed E-state index contributed by atoms with van der Waals surface area (Å²) in [5.74, 6) is -0.220. The van der Waals surface area contributed by atoms with Crippen molar-refractivity contribution in [3.8, 4) is 0 Å². The maximum absolute atomic E-state index is 10.9. The van der Waals surface area contributed by atoms with Gasteiger partial charge in [0.2, 0.25) is 0 Å². The van der Waals surface area contributed by atoms with Gasteiger partial charge in [0.25, 0.3) is 0 Å². The minimum Gasteiger partial charge on any atom is -0.458 e. The second kappa shape index (κ2) is 3.68. The van der Waals surface area contributed by atoms with Crippen molar-refractivity contribution in [1.82, 2.24) is 0 Å². The summed E-state index contributed by atoms with van der Waals surface area (Å²) in [4.78, 5) is 21.8. The summed E-state index contributed by atoms with van der Waals surface area (Å²) in [5, 5.41) is 0. The molecule has 0 amide bonds. The molecule has 0 aromatic heterocycles. The highest BCUT2D eigenvalue weighted by Gasteiger charge is 2.48. The third-order valence-electron chi connectivity index (χ3n) is 2.92. The molecule has 0 aromatic carbocycles. The molecule has 0 aliphatic heterocycles. The fraction of sp³-hybridized carbons (Fsp3) is 0.636. The molecule has 2 rings (SSSR count). The van der Waals surface area contributed by atoms with E-state index in [1.807, 2.05) is 12.2 Å². The summed E-state index contributed by atoms with van der Waals surface area (Å²) in [6.45, 7) is 2.75. The minimum absolute atomic E-state index is 0.211. The van der Waals surface area contributed by atoms with Crippen molar-refractivity contribution in [3.05, 3.63) is 12.2 Å². The Kier molecular flexibility index (Phi) is 2.50. The van der Waals surface area contributed by atoms with E-state index in [9.17, 15) is 9.59 Å². The molecular formula is C11H14O4. The lowest BCUT2D eigenvalue weighted by atomic mass is 10.0. The third-order valence-corrected chi connectivity index (χ3v) is 2.92. The van der Waals surface area contributed by atoms with E-state index in [1.54, 1.807) is 0 Å². The number of fused-ring (bicyclic) bond motifs is 2. The SMILES string of the molecule is CC(=O)O[C@@H]1[C@H](OC(C)=O)[C@@H]2C=C[C@H]1C2. The van der Waals surface area contributed by atoms with Crippen LogP contribution >= 0.6 is 0 Å². The number of rotatable bonds is 2. The zero-order valence-electron chi connectivity index (χ0n) is 8.80. The highest BCUT2D eigenvalue weighted by atomic mass is 16.6. The summed E-state index contributed by atoms with van der Waals surface area (Å²) in [6.07, 6.45) is 4.41. The molecule has 0 aromatic rings. The number of hydrogen-bond donors (Lipinski definition) is 0. The van der Waals surface area contributed by atoms with E-state index in [0.717, 1.165) is 6.42 Å². The van der Waals surface area contributed by atoms with Crippen molar-refractivity contribution < 1.29 is 19.1 Å². The lowest BCUT2D eigenvalue weighted by Gasteiger charge is -2.26. The van der Waals surface area contributed by atoms with Crippen molar-refractivity contribution >= 4 is 11.9 Å². The first-order valence-electron chi connectivity index (χ1n) is 5.10. The van der Waals surface area contributed by atoms with Gasteiger partial charge in [0.15, 0.2) is 0 Å². The van der Waals surface area contributed by atoms with E-state index in [2.05, 4.69) is 0 Å². The van der Waals surface area contributed by atoms with Crippen LogP contribution in [-0.2, 0) is 19.1 Å². The molecule has 0 spiro atoms. The molecule has 0 unspecified atom stereocenters. The first kappa shape index (κ1) is 10.2. The van der Waals surface area contributed by atoms with E-state index >= 15 is 0 Å². The van der Waals surface area contributed by atoms with Crippen LogP contribution < -0.4 is 0 Å². The zero-order chi connectivity index (χ0) is 11.0. The van der Waals surface area contributed by atoms with Gasteiger partial charge in [-0.3, -0.25) is 9.59 Å².